The number of hydrogen-bond acceptors (Lipinski definition) is 3. The molecule has 0 radical (unpaired) electrons. The highest BCUT2D eigenvalue weighted by molar-refractivity contribution is 6.30. The highest BCUT2D eigenvalue weighted by atomic mass is 35.5. The fourth-order valence-electron chi connectivity index (χ4n) is 1.78. The number of benzene rings is 1. The zero-order valence-corrected chi connectivity index (χ0v) is 14.2. The van der Waals surface area contributed by atoms with Crippen molar-refractivity contribution in [1.82, 2.24) is 10.2 Å². The molecule has 1 rings (SSSR count). The van der Waals surface area contributed by atoms with Crippen molar-refractivity contribution in [2.75, 3.05) is 33.8 Å². The van der Waals surface area contributed by atoms with Gasteiger partial charge in [0.1, 0.15) is 5.75 Å². The summed E-state index contributed by atoms with van der Waals surface area (Å²) in [5, 5.41) is 3.70. The van der Waals surface area contributed by atoms with E-state index in [2.05, 4.69) is 5.32 Å². The fourth-order valence-corrected chi connectivity index (χ4v) is 1.96. The van der Waals surface area contributed by atoms with Crippen molar-refractivity contribution < 1.29 is 9.53 Å². The molecule has 0 aliphatic carbocycles. The Balaban J connectivity index is 0.00000400. The summed E-state index contributed by atoms with van der Waals surface area (Å²) in [5.41, 5.74) is 0. The van der Waals surface area contributed by atoms with Gasteiger partial charge in [-0.1, -0.05) is 17.7 Å². The van der Waals surface area contributed by atoms with Crippen molar-refractivity contribution in [3.63, 3.8) is 0 Å². The molecular formula is C15H24Cl2N2O2. The van der Waals surface area contributed by atoms with Crippen LogP contribution in [0.25, 0.3) is 0 Å². The Labute approximate surface area is 138 Å². The topological polar surface area (TPSA) is 41.6 Å². The van der Waals surface area contributed by atoms with E-state index in [1.165, 1.54) is 0 Å². The van der Waals surface area contributed by atoms with Crippen molar-refractivity contribution in [3.05, 3.63) is 29.3 Å². The lowest BCUT2D eigenvalue weighted by Crippen LogP contribution is -2.29. The lowest BCUT2D eigenvalue weighted by Gasteiger charge is -2.17. The van der Waals surface area contributed by atoms with E-state index in [0.29, 0.717) is 24.6 Å². The molecule has 0 saturated heterocycles. The van der Waals surface area contributed by atoms with E-state index < -0.39 is 0 Å². The van der Waals surface area contributed by atoms with Crippen LogP contribution in [0.3, 0.4) is 0 Å². The van der Waals surface area contributed by atoms with Crippen molar-refractivity contribution in [2.45, 2.75) is 19.3 Å². The Kier molecular flexibility index (Phi) is 11.1. The molecule has 4 nitrogen and oxygen atoms in total. The zero-order valence-electron chi connectivity index (χ0n) is 12.6. The maximum atomic E-state index is 11.8. The van der Waals surface area contributed by atoms with E-state index in [9.17, 15) is 4.79 Å². The maximum Gasteiger partial charge on any atom is 0.222 e. The number of hydrogen-bond donors (Lipinski definition) is 1. The molecule has 0 bridgehead atoms. The number of carbonyl (C=O) groups is 1. The molecule has 1 N–H and O–H groups in total. The van der Waals surface area contributed by atoms with Gasteiger partial charge >= 0.3 is 0 Å². The summed E-state index contributed by atoms with van der Waals surface area (Å²) < 4.78 is 5.58. The summed E-state index contributed by atoms with van der Waals surface area (Å²) in [7, 11) is 3.72. The quantitative estimate of drug-likeness (QED) is 0.706. The zero-order chi connectivity index (χ0) is 14.8. The van der Waals surface area contributed by atoms with Crippen LogP contribution >= 0.6 is 24.0 Å². The number of nitrogens with zero attached hydrogens (tertiary/aromatic N) is 1. The molecule has 0 saturated carbocycles. The van der Waals surface area contributed by atoms with Crippen LogP contribution in [-0.4, -0.2) is 44.6 Å². The molecule has 0 heterocycles. The molecule has 1 amide bonds. The number of halogens is 2. The number of rotatable bonds is 9. The third-order valence-electron chi connectivity index (χ3n) is 2.95. The Morgan fingerprint density at radius 3 is 2.81 bits per heavy atom. The van der Waals surface area contributed by atoms with E-state index >= 15 is 0 Å². The van der Waals surface area contributed by atoms with Gasteiger partial charge in [-0.25, -0.2) is 0 Å². The maximum absolute atomic E-state index is 11.8. The first kappa shape index (κ1) is 20.0. The van der Waals surface area contributed by atoms with Gasteiger partial charge < -0.3 is 15.0 Å². The minimum atomic E-state index is 0. The minimum absolute atomic E-state index is 0. The van der Waals surface area contributed by atoms with E-state index in [1.807, 2.05) is 32.3 Å². The third-order valence-corrected chi connectivity index (χ3v) is 3.18. The van der Waals surface area contributed by atoms with Crippen molar-refractivity contribution >= 4 is 29.9 Å². The van der Waals surface area contributed by atoms with E-state index in [1.54, 1.807) is 11.0 Å². The molecule has 1 aromatic carbocycles. The molecule has 0 spiro atoms. The van der Waals surface area contributed by atoms with Gasteiger partial charge in [-0.3, -0.25) is 4.79 Å². The molecule has 0 unspecified atom stereocenters. The second-order valence-electron chi connectivity index (χ2n) is 4.68. The second kappa shape index (κ2) is 11.7. The lowest BCUT2D eigenvalue weighted by atomic mass is 10.2. The van der Waals surface area contributed by atoms with Gasteiger partial charge in [0.2, 0.25) is 5.91 Å². The van der Waals surface area contributed by atoms with Crippen molar-refractivity contribution in [1.29, 1.82) is 0 Å². The Morgan fingerprint density at radius 1 is 1.38 bits per heavy atom. The molecule has 0 aromatic heterocycles. The SMILES string of the molecule is CNCCCC(=O)N(C)CCCOc1cccc(Cl)c1.Cl. The second-order valence-corrected chi connectivity index (χ2v) is 5.12. The first-order valence-corrected chi connectivity index (χ1v) is 7.28. The van der Waals surface area contributed by atoms with E-state index in [0.717, 1.165) is 25.1 Å². The molecule has 1 aromatic rings. The molecule has 0 atom stereocenters. The standard InChI is InChI=1S/C15H23ClN2O2.ClH/c1-17-9-4-8-15(19)18(2)10-5-11-20-14-7-3-6-13(16)12-14;/h3,6-7,12,17H,4-5,8-11H2,1-2H3;1H. The van der Waals surface area contributed by atoms with Gasteiger partial charge in [0.25, 0.3) is 0 Å². The van der Waals surface area contributed by atoms with Crippen LogP contribution in [0.4, 0.5) is 0 Å². The minimum Gasteiger partial charge on any atom is -0.493 e. The lowest BCUT2D eigenvalue weighted by molar-refractivity contribution is -0.130. The predicted molar refractivity (Wildman–Crippen MR) is 89.6 cm³/mol. The molecule has 0 aliphatic rings. The highest BCUT2D eigenvalue weighted by Crippen LogP contribution is 2.17. The number of nitrogens with one attached hydrogen (secondary N) is 1. The molecule has 120 valence electrons. The smallest absolute Gasteiger partial charge is 0.222 e. The van der Waals surface area contributed by atoms with Crippen LogP contribution in [-0.2, 0) is 4.79 Å². The number of carbonyl (C=O) groups excluding carboxylic acids is 1. The number of amides is 1. The molecule has 0 aliphatic heterocycles. The van der Waals surface area contributed by atoms with Gasteiger partial charge in [0, 0.05) is 25.0 Å². The van der Waals surface area contributed by atoms with Crippen LogP contribution in [0.15, 0.2) is 24.3 Å². The van der Waals surface area contributed by atoms with Crippen LogP contribution in [0.2, 0.25) is 5.02 Å². The third kappa shape index (κ3) is 8.81. The van der Waals surface area contributed by atoms with Crippen LogP contribution < -0.4 is 10.1 Å². The van der Waals surface area contributed by atoms with Crippen molar-refractivity contribution in [2.24, 2.45) is 0 Å². The van der Waals surface area contributed by atoms with Crippen LogP contribution in [0.5, 0.6) is 5.75 Å². The molecule has 21 heavy (non-hydrogen) atoms. The summed E-state index contributed by atoms with van der Waals surface area (Å²) in [4.78, 5) is 13.5. The van der Waals surface area contributed by atoms with Crippen LogP contribution in [0, 0.1) is 0 Å². The van der Waals surface area contributed by atoms with Crippen molar-refractivity contribution in [3.8, 4) is 5.75 Å². The Bertz CT molecular complexity index is 416. The average molecular weight is 335 g/mol. The summed E-state index contributed by atoms with van der Waals surface area (Å²) in [6.45, 7) is 2.16. The first-order chi connectivity index (χ1) is 9.63. The average Bonchev–Trinajstić information content (AvgIpc) is 2.43. The van der Waals surface area contributed by atoms with Gasteiger partial charge in [-0.2, -0.15) is 0 Å². The highest BCUT2D eigenvalue weighted by Gasteiger charge is 2.07. The van der Waals surface area contributed by atoms with Crippen LogP contribution in [0.1, 0.15) is 19.3 Å². The summed E-state index contributed by atoms with van der Waals surface area (Å²) in [5.74, 6) is 0.948. The molecule has 0 fully saturated rings. The predicted octanol–water partition coefficient (Wildman–Crippen LogP) is 2.99. The van der Waals surface area contributed by atoms with E-state index in [-0.39, 0.29) is 18.3 Å². The van der Waals surface area contributed by atoms with Gasteiger partial charge in [0.15, 0.2) is 0 Å². The summed E-state index contributed by atoms with van der Waals surface area (Å²) in [6, 6.07) is 7.33. The molecular weight excluding hydrogens is 311 g/mol. The summed E-state index contributed by atoms with van der Waals surface area (Å²) >= 11 is 5.87. The fraction of sp³-hybridized carbons (Fsp3) is 0.533. The Hall–Kier alpha value is -0.970. The van der Waals surface area contributed by atoms with Gasteiger partial charge in [-0.05, 0) is 44.6 Å². The number of ether oxygens (including phenoxy) is 1. The monoisotopic (exact) mass is 334 g/mol. The molecule has 6 heteroatoms. The Morgan fingerprint density at radius 2 is 2.14 bits per heavy atom. The normalized spacial score (nSPS) is 9.86. The first-order valence-electron chi connectivity index (χ1n) is 6.90. The summed E-state index contributed by atoms with van der Waals surface area (Å²) in [6.07, 6.45) is 2.27. The van der Waals surface area contributed by atoms with E-state index in [4.69, 9.17) is 16.3 Å². The largest absolute Gasteiger partial charge is 0.493 e. The van der Waals surface area contributed by atoms with Gasteiger partial charge in [-0.15, -0.1) is 12.4 Å². The van der Waals surface area contributed by atoms with Gasteiger partial charge in [0.05, 0.1) is 6.61 Å².